The molecule has 3 rings (SSSR count). The third-order valence-electron chi connectivity index (χ3n) is 3.70. The lowest BCUT2D eigenvalue weighted by atomic mass is 9.99. The van der Waals surface area contributed by atoms with Crippen LogP contribution in [0.1, 0.15) is 23.8 Å². The van der Waals surface area contributed by atoms with Crippen LogP contribution in [0.5, 0.6) is 0 Å². The summed E-state index contributed by atoms with van der Waals surface area (Å²) in [5, 5.41) is 12.5. The van der Waals surface area contributed by atoms with Crippen molar-refractivity contribution in [3.05, 3.63) is 47.5 Å². The van der Waals surface area contributed by atoms with E-state index in [1.54, 1.807) is 12.4 Å². The van der Waals surface area contributed by atoms with Gasteiger partial charge in [-0.15, -0.1) is 0 Å². The van der Waals surface area contributed by atoms with Crippen LogP contribution < -0.4 is 11.1 Å². The number of aromatic nitrogens is 3. The molecule has 0 aliphatic heterocycles. The summed E-state index contributed by atoms with van der Waals surface area (Å²) in [5.41, 5.74) is 8.35. The Balaban J connectivity index is 2.15. The molecule has 6 nitrogen and oxygen atoms in total. The molecular weight excluding hydrogens is 326 g/mol. The van der Waals surface area contributed by atoms with Crippen molar-refractivity contribution < 1.29 is 4.79 Å². The van der Waals surface area contributed by atoms with Gasteiger partial charge in [0.05, 0.1) is 23.1 Å². The molecule has 0 fully saturated rings. The van der Waals surface area contributed by atoms with E-state index in [0.29, 0.717) is 17.3 Å². The number of carbonyl (C=O) groups excluding carboxylic acids is 1. The highest BCUT2D eigenvalue weighted by molar-refractivity contribution is 6.33. The lowest BCUT2D eigenvalue weighted by molar-refractivity contribution is 0.0950. The van der Waals surface area contributed by atoms with E-state index in [9.17, 15) is 4.79 Å². The molecule has 0 radical (unpaired) electrons. The number of halogens is 1. The zero-order chi connectivity index (χ0) is 17.1. The minimum absolute atomic E-state index is 0.229. The van der Waals surface area contributed by atoms with E-state index in [1.165, 1.54) is 6.20 Å². The van der Waals surface area contributed by atoms with Crippen LogP contribution in [0.3, 0.4) is 0 Å². The average molecular weight is 342 g/mol. The first kappa shape index (κ1) is 16.1. The fraction of sp³-hybridized carbons (Fsp3) is 0.176. The maximum absolute atomic E-state index is 12.2. The SMILES string of the molecule is CCCNC(=O)c1ncc2c(-c3cnncc3Cl)cccc2c1N. The number of nitrogens with two attached hydrogens (primary N) is 1. The third kappa shape index (κ3) is 2.88. The maximum atomic E-state index is 12.2. The fourth-order valence-corrected chi connectivity index (χ4v) is 2.70. The Morgan fingerprint density at radius 1 is 1.17 bits per heavy atom. The molecule has 1 amide bonds. The minimum Gasteiger partial charge on any atom is -0.396 e. The molecule has 122 valence electrons. The molecule has 0 unspecified atom stereocenters. The van der Waals surface area contributed by atoms with Gasteiger partial charge in [-0.05, 0) is 12.0 Å². The van der Waals surface area contributed by atoms with Gasteiger partial charge in [-0.1, -0.05) is 36.7 Å². The van der Waals surface area contributed by atoms with E-state index in [-0.39, 0.29) is 11.6 Å². The monoisotopic (exact) mass is 341 g/mol. The van der Waals surface area contributed by atoms with Gasteiger partial charge < -0.3 is 11.1 Å². The van der Waals surface area contributed by atoms with Crippen molar-refractivity contribution in [3.8, 4) is 11.1 Å². The Bertz CT molecular complexity index is 913. The van der Waals surface area contributed by atoms with Crippen molar-refractivity contribution in [1.82, 2.24) is 20.5 Å². The van der Waals surface area contributed by atoms with Crippen molar-refractivity contribution in [1.29, 1.82) is 0 Å². The molecule has 0 atom stereocenters. The first-order valence-electron chi connectivity index (χ1n) is 7.55. The van der Waals surface area contributed by atoms with Gasteiger partial charge in [0.2, 0.25) is 0 Å². The van der Waals surface area contributed by atoms with Crippen LogP contribution >= 0.6 is 11.6 Å². The largest absolute Gasteiger partial charge is 0.396 e. The summed E-state index contributed by atoms with van der Waals surface area (Å²) in [4.78, 5) is 16.4. The number of nitrogens with one attached hydrogen (secondary N) is 1. The zero-order valence-corrected chi connectivity index (χ0v) is 13.8. The van der Waals surface area contributed by atoms with Crippen molar-refractivity contribution >= 4 is 34.0 Å². The van der Waals surface area contributed by atoms with Gasteiger partial charge in [-0.2, -0.15) is 10.2 Å². The van der Waals surface area contributed by atoms with Crippen LogP contribution in [0.15, 0.2) is 36.8 Å². The molecule has 1 aromatic carbocycles. The smallest absolute Gasteiger partial charge is 0.272 e. The average Bonchev–Trinajstić information content (AvgIpc) is 2.60. The zero-order valence-electron chi connectivity index (χ0n) is 13.1. The number of nitrogens with zero attached hydrogens (tertiary/aromatic N) is 3. The number of anilines is 1. The second kappa shape index (κ2) is 6.80. The fourth-order valence-electron chi connectivity index (χ4n) is 2.51. The molecule has 0 saturated carbocycles. The van der Waals surface area contributed by atoms with Crippen LogP contribution in [0.2, 0.25) is 5.02 Å². The molecule has 0 saturated heterocycles. The Hall–Kier alpha value is -2.73. The summed E-state index contributed by atoms with van der Waals surface area (Å²) in [6.07, 6.45) is 5.56. The molecule has 3 N–H and O–H groups in total. The normalized spacial score (nSPS) is 10.8. The van der Waals surface area contributed by atoms with E-state index in [1.807, 2.05) is 25.1 Å². The predicted octanol–water partition coefficient (Wildman–Crippen LogP) is 3.07. The molecule has 0 spiro atoms. The molecule has 7 heteroatoms. The van der Waals surface area contributed by atoms with Gasteiger partial charge in [0.25, 0.3) is 5.91 Å². The second-order valence-corrected chi connectivity index (χ2v) is 5.70. The van der Waals surface area contributed by atoms with Crippen molar-refractivity contribution in [2.75, 3.05) is 12.3 Å². The summed E-state index contributed by atoms with van der Waals surface area (Å²) in [6.45, 7) is 2.56. The molecule has 2 aromatic heterocycles. The third-order valence-corrected chi connectivity index (χ3v) is 4.00. The van der Waals surface area contributed by atoms with E-state index in [0.717, 1.165) is 28.3 Å². The van der Waals surface area contributed by atoms with E-state index >= 15 is 0 Å². The van der Waals surface area contributed by atoms with Crippen molar-refractivity contribution in [3.63, 3.8) is 0 Å². The molecular formula is C17H16ClN5O. The number of rotatable bonds is 4. The van der Waals surface area contributed by atoms with E-state index in [4.69, 9.17) is 17.3 Å². The summed E-state index contributed by atoms with van der Waals surface area (Å²) in [6, 6.07) is 5.62. The topological polar surface area (TPSA) is 93.8 Å². The number of hydrogen-bond donors (Lipinski definition) is 2. The molecule has 2 heterocycles. The Morgan fingerprint density at radius 3 is 2.71 bits per heavy atom. The van der Waals surface area contributed by atoms with Crippen LogP contribution in [-0.2, 0) is 0 Å². The quantitative estimate of drug-likeness (QED) is 0.760. The number of hydrogen-bond acceptors (Lipinski definition) is 5. The lowest BCUT2D eigenvalue weighted by Crippen LogP contribution is -2.26. The maximum Gasteiger partial charge on any atom is 0.272 e. The van der Waals surface area contributed by atoms with Gasteiger partial charge in [-0.25, -0.2) is 4.98 Å². The summed E-state index contributed by atoms with van der Waals surface area (Å²) >= 11 is 6.22. The van der Waals surface area contributed by atoms with Gasteiger partial charge in [0, 0.05) is 29.1 Å². The number of benzene rings is 1. The van der Waals surface area contributed by atoms with Gasteiger partial charge in [0.1, 0.15) is 0 Å². The summed E-state index contributed by atoms with van der Waals surface area (Å²) in [5.74, 6) is -0.273. The van der Waals surface area contributed by atoms with Crippen LogP contribution in [-0.4, -0.2) is 27.6 Å². The van der Waals surface area contributed by atoms with Crippen molar-refractivity contribution in [2.24, 2.45) is 0 Å². The highest BCUT2D eigenvalue weighted by Gasteiger charge is 2.16. The Labute approximate surface area is 144 Å². The number of nitrogen functional groups attached to an aromatic ring is 1. The number of fused-ring (bicyclic) bond motifs is 1. The Kier molecular flexibility index (Phi) is 4.57. The highest BCUT2D eigenvalue weighted by atomic mass is 35.5. The standard InChI is InChI=1S/C17H16ClN5O/c1-2-6-20-17(24)16-15(19)11-5-3-4-10(12(11)7-21-16)13-8-22-23-9-14(13)18/h3-5,7-9H,2,6,19H2,1H3,(H,20,24). The molecule has 0 bridgehead atoms. The lowest BCUT2D eigenvalue weighted by Gasteiger charge is -2.12. The molecule has 3 aromatic rings. The van der Waals surface area contributed by atoms with Crippen LogP contribution in [0, 0.1) is 0 Å². The van der Waals surface area contributed by atoms with Gasteiger partial charge in [-0.3, -0.25) is 4.79 Å². The molecule has 0 aliphatic carbocycles. The van der Waals surface area contributed by atoms with Crippen LogP contribution in [0.4, 0.5) is 5.69 Å². The number of pyridine rings is 1. The van der Waals surface area contributed by atoms with E-state index < -0.39 is 0 Å². The predicted molar refractivity (Wildman–Crippen MR) is 94.8 cm³/mol. The second-order valence-electron chi connectivity index (χ2n) is 5.29. The Morgan fingerprint density at radius 2 is 1.96 bits per heavy atom. The van der Waals surface area contributed by atoms with Crippen molar-refractivity contribution in [2.45, 2.75) is 13.3 Å². The minimum atomic E-state index is -0.273. The van der Waals surface area contributed by atoms with Gasteiger partial charge in [0.15, 0.2) is 5.69 Å². The molecule has 24 heavy (non-hydrogen) atoms. The number of amides is 1. The van der Waals surface area contributed by atoms with E-state index in [2.05, 4.69) is 20.5 Å². The van der Waals surface area contributed by atoms with Crippen LogP contribution in [0.25, 0.3) is 21.9 Å². The summed E-state index contributed by atoms with van der Waals surface area (Å²) in [7, 11) is 0. The molecule has 0 aliphatic rings. The first-order chi connectivity index (χ1) is 11.6. The summed E-state index contributed by atoms with van der Waals surface area (Å²) < 4.78 is 0. The van der Waals surface area contributed by atoms with Gasteiger partial charge >= 0.3 is 0 Å². The number of carbonyl (C=O) groups is 1. The first-order valence-corrected chi connectivity index (χ1v) is 7.93. The highest BCUT2D eigenvalue weighted by Crippen LogP contribution is 2.34.